The first-order valence-electron chi connectivity index (χ1n) is 8.97. The van der Waals surface area contributed by atoms with E-state index >= 15 is 0 Å². The molecular formula is C25H27. The molecule has 0 spiro atoms. The molecule has 0 aliphatic heterocycles. The molecule has 0 aliphatic carbocycles. The standard InChI is InChI=1S/C25H27/c1-16-12-18(3)23(19(4)13-16)25(22-10-8-7-9-11-22)24-20(5)14-17(2)15-21(24)6/h7-15H,1-6H3. The second kappa shape index (κ2) is 6.88. The van der Waals surface area contributed by atoms with Gasteiger partial charge in [0.25, 0.3) is 0 Å². The predicted molar refractivity (Wildman–Crippen MR) is 108 cm³/mol. The normalized spacial score (nSPS) is 11.2. The summed E-state index contributed by atoms with van der Waals surface area (Å²) in [5, 5.41) is 0. The van der Waals surface area contributed by atoms with E-state index in [0.717, 1.165) is 0 Å². The van der Waals surface area contributed by atoms with Crippen molar-refractivity contribution in [1.82, 2.24) is 0 Å². The lowest BCUT2D eigenvalue weighted by Crippen LogP contribution is -2.12. The van der Waals surface area contributed by atoms with Crippen LogP contribution in [-0.4, -0.2) is 0 Å². The molecule has 0 N–H and O–H groups in total. The van der Waals surface area contributed by atoms with Gasteiger partial charge in [0.2, 0.25) is 0 Å². The summed E-state index contributed by atoms with van der Waals surface area (Å²) in [6.45, 7) is 13.3. The Labute approximate surface area is 152 Å². The summed E-state index contributed by atoms with van der Waals surface area (Å²) in [6, 6.07) is 20.0. The van der Waals surface area contributed by atoms with Crippen molar-refractivity contribution in [1.29, 1.82) is 0 Å². The Hall–Kier alpha value is -2.34. The van der Waals surface area contributed by atoms with E-state index in [0.29, 0.717) is 0 Å². The minimum atomic E-state index is 1.28. The van der Waals surface area contributed by atoms with Crippen LogP contribution in [0.1, 0.15) is 50.1 Å². The zero-order valence-electron chi connectivity index (χ0n) is 16.2. The maximum absolute atomic E-state index is 2.30. The van der Waals surface area contributed by atoms with Crippen LogP contribution in [0.2, 0.25) is 0 Å². The summed E-state index contributed by atoms with van der Waals surface area (Å²) in [6.07, 6.45) is 0. The maximum atomic E-state index is 2.30. The van der Waals surface area contributed by atoms with Crippen LogP contribution in [0.15, 0.2) is 54.6 Å². The largest absolute Gasteiger partial charge is 0.0639 e. The lowest BCUT2D eigenvalue weighted by molar-refractivity contribution is 1.11. The Bertz CT molecular complexity index is 797. The Morgan fingerprint density at radius 3 is 1.24 bits per heavy atom. The van der Waals surface area contributed by atoms with Gasteiger partial charge < -0.3 is 0 Å². The molecule has 3 rings (SSSR count). The number of hydrogen-bond acceptors (Lipinski definition) is 0. The molecule has 0 atom stereocenters. The van der Waals surface area contributed by atoms with E-state index in [-0.39, 0.29) is 0 Å². The lowest BCUT2D eigenvalue weighted by atomic mass is 9.77. The second-order valence-corrected chi connectivity index (χ2v) is 7.29. The van der Waals surface area contributed by atoms with Crippen molar-refractivity contribution < 1.29 is 0 Å². The third-order valence-corrected chi connectivity index (χ3v) is 4.92. The van der Waals surface area contributed by atoms with Crippen LogP contribution in [0.25, 0.3) is 0 Å². The van der Waals surface area contributed by atoms with E-state index < -0.39 is 0 Å². The van der Waals surface area contributed by atoms with Crippen LogP contribution in [0.5, 0.6) is 0 Å². The highest BCUT2D eigenvalue weighted by molar-refractivity contribution is 5.66. The van der Waals surface area contributed by atoms with Gasteiger partial charge >= 0.3 is 0 Å². The third-order valence-electron chi connectivity index (χ3n) is 4.92. The molecule has 0 heteroatoms. The molecule has 0 unspecified atom stereocenters. The van der Waals surface area contributed by atoms with Gasteiger partial charge in [-0.15, -0.1) is 0 Å². The second-order valence-electron chi connectivity index (χ2n) is 7.29. The number of hydrogen-bond donors (Lipinski definition) is 0. The molecule has 0 aliphatic rings. The average Bonchev–Trinajstić information content (AvgIpc) is 2.52. The molecule has 25 heavy (non-hydrogen) atoms. The molecule has 0 bridgehead atoms. The number of aryl methyl sites for hydroxylation is 6. The first kappa shape index (κ1) is 17.5. The fourth-order valence-corrected chi connectivity index (χ4v) is 4.17. The minimum absolute atomic E-state index is 1.28. The van der Waals surface area contributed by atoms with Crippen LogP contribution < -0.4 is 0 Å². The molecule has 0 fully saturated rings. The predicted octanol–water partition coefficient (Wildman–Crippen LogP) is 6.56. The van der Waals surface area contributed by atoms with Crippen LogP contribution in [0, 0.1) is 47.5 Å². The van der Waals surface area contributed by atoms with Gasteiger partial charge in [-0.05, 0) is 80.5 Å². The van der Waals surface area contributed by atoms with Crippen LogP contribution in [0.3, 0.4) is 0 Å². The first-order valence-corrected chi connectivity index (χ1v) is 8.97. The molecular weight excluding hydrogens is 300 g/mol. The quantitative estimate of drug-likeness (QED) is 0.478. The van der Waals surface area contributed by atoms with Gasteiger partial charge in [0, 0.05) is 0 Å². The summed E-state index contributed by atoms with van der Waals surface area (Å²) < 4.78 is 0. The van der Waals surface area contributed by atoms with Crippen molar-refractivity contribution in [3.8, 4) is 0 Å². The van der Waals surface area contributed by atoms with Crippen LogP contribution >= 0.6 is 0 Å². The molecule has 0 aromatic heterocycles. The Balaban J connectivity index is 2.34. The van der Waals surface area contributed by atoms with Gasteiger partial charge in [0.15, 0.2) is 0 Å². The molecule has 0 saturated carbocycles. The fraction of sp³-hybridized carbons (Fsp3) is 0.240. The average molecular weight is 327 g/mol. The minimum Gasteiger partial charge on any atom is -0.0622 e. The molecule has 0 amide bonds. The molecule has 0 heterocycles. The highest BCUT2D eigenvalue weighted by atomic mass is 14.3. The molecule has 3 aromatic rings. The van der Waals surface area contributed by atoms with Gasteiger partial charge in [-0.1, -0.05) is 65.7 Å². The summed E-state index contributed by atoms with van der Waals surface area (Å²) in [4.78, 5) is 0. The van der Waals surface area contributed by atoms with Crippen molar-refractivity contribution in [2.75, 3.05) is 0 Å². The topological polar surface area (TPSA) is 0 Å². The van der Waals surface area contributed by atoms with Gasteiger partial charge in [0.1, 0.15) is 0 Å². The Morgan fingerprint density at radius 2 is 0.880 bits per heavy atom. The van der Waals surface area contributed by atoms with E-state index in [1.165, 1.54) is 56.0 Å². The Kier molecular flexibility index (Phi) is 4.81. The molecule has 127 valence electrons. The Morgan fingerprint density at radius 1 is 0.520 bits per heavy atom. The molecule has 0 nitrogen and oxygen atoms in total. The third kappa shape index (κ3) is 3.39. The van der Waals surface area contributed by atoms with E-state index in [2.05, 4.69) is 96.1 Å². The van der Waals surface area contributed by atoms with Crippen molar-refractivity contribution in [3.63, 3.8) is 0 Å². The van der Waals surface area contributed by atoms with Gasteiger partial charge in [0.05, 0.1) is 5.92 Å². The first-order chi connectivity index (χ1) is 11.9. The summed E-state index contributed by atoms with van der Waals surface area (Å²) in [5.41, 5.74) is 12.0. The van der Waals surface area contributed by atoms with Gasteiger partial charge in [-0.3, -0.25) is 0 Å². The van der Waals surface area contributed by atoms with Gasteiger partial charge in [-0.25, -0.2) is 0 Å². The van der Waals surface area contributed by atoms with E-state index in [4.69, 9.17) is 0 Å². The molecule has 1 radical (unpaired) electrons. The van der Waals surface area contributed by atoms with Crippen molar-refractivity contribution in [3.05, 3.63) is 111 Å². The lowest BCUT2D eigenvalue weighted by Gasteiger charge is -2.26. The van der Waals surface area contributed by atoms with Crippen LogP contribution in [0.4, 0.5) is 0 Å². The van der Waals surface area contributed by atoms with Crippen molar-refractivity contribution >= 4 is 0 Å². The maximum Gasteiger partial charge on any atom is 0.0639 e. The zero-order chi connectivity index (χ0) is 18.1. The number of benzene rings is 3. The van der Waals surface area contributed by atoms with E-state index in [1.54, 1.807) is 0 Å². The summed E-state index contributed by atoms with van der Waals surface area (Å²) in [7, 11) is 0. The highest BCUT2D eigenvalue weighted by Crippen LogP contribution is 2.38. The fourth-order valence-electron chi connectivity index (χ4n) is 4.17. The van der Waals surface area contributed by atoms with Gasteiger partial charge in [-0.2, -0.15) is 0 Å². The summed E-state index contributed by atoms with van der Waals surface area (Å²) in [5.74, 6) is 1.35. The zero-order valence-corrected chi connectivity index (χ0v) is 16.2. The number of rotatable bonds is 3. The van der Waals surface area contributed by atoms with Crippen molar-refractivity contribution in [2.45, 2.75) is 41.5 Å². The monoisotopic (exact) mass is 327 g/mol. The van der Waals surface area contributed by atoms with E-state index in [9.17, 15) is 0 Å². The SMILES string of the molecule is Cc1cc(C)c([C](c2ccccc2)c2c(C)cc(C)cc2C)c(C)c1. The van der Waals surface area contributed by atoms with E-state index in [1.807, 2.05) is 0 Å². The van der Waals surface area contributed by atoms with Crippen LogP contribution in [-0.2, 0) is 0 Å². The smallest absolute Gasteiger partial charge is 0.0622 e. The molecule has 0 saturated heterocycles. The summed E-state index contributed by atoms with van der Waals surface area (Å²) >= 11 is 0. The van der Waals surface area contributed by atoms with Crippen molar-refractivity contribution in [2.24, 2.45) is 0 Å². The highest BCUT2D eigenvalue weighted by Gasteiger charge is 2.24. The molecule has 3 aromatic carbocycles.